The van der Waals surface area contributed by atoms with Crippen molar-refractivity contribution in [2.24, 2.45) is 0 Å². The van der Waals surface area contributed by atoms with Gasteiger partial charge in [0.15, 0.2) is 0 Å². The molecule has 1 aromatic heterocycles. The largest absolute Gasteiger partial charge is 0.478 e. The van der Waals surface area contributed by atoms with E-state index in [9.17, 15) is 18.0 Å². The van der Waals surface area contributed by atoms with Crippen molar-refractivity contribution in [3.8, 4) is 0 Å². The van der Waals surface area contributed by atoms with Crippen molar-refractivity contribution in [3.05, 3.63) is 82.1 Å². The Hall–Kier alpha value is -3.13. The first-order valence-corrected chi connectivity index (χ1v) is 8.40. The van der Waals surface area contributed by atoms with Crippen molar-refractivity contribution < 1.29 is 23.1 Å². The maximum atomic E-state index is 13.5. The van der Waals surface area contributed by atoms with Gasteiger partial charge in [-0.15, -0.1) is 0 Å². The van der Waals surface area contributed by atoms with Crippen molar-refractivity contribution in [2.75, 3.05) is 5.32 Å². The fraction of sp³-hybridized carbons (Fsp3) is 0.105. The number of carboxylic acid groups (broad SMARTS) is 1. The molecule has 3 rings (SSSR count). The number of anilines is 2. The normalized spacial score (nSPS) is 11.3. The molecule has 5 nitrogen and oxygen atoms in total. The second kappa shape index (κ2) is 7.85. The first-order valence-electron chi connectivity index (χ1n) is 8.02. The first kappa shape index (κ1) is 19.6. The van der Waals surface area contributed by atoms with Gasteiger partial charge in [0, 0.05) is 12.1 Å². The zero-order valence-corrected chi connectivity index (χ0v) is 14.9. The topological polar surface area (TPSA) is 75.1 Å². The third-order valence-electron chi connectivity index (χ3n) is 3.83. The summed E-state index contributed by atoms with van der Waals surface area (Å²) in [6, 6.07) is 14.2. The summed E-state index contributed by atoms with van der Waals surface area (Å²) in [5.41, 5.74) is -0.221. The van der Waals surface area contributed by atoms with Gasteiger partial charge in [-0.1, -0.05) is 41.9 Å². The summed E-state index contributed by atoms with van der Waals surface area (Å²) < 4.78 is 40.4. The summed E-state index contributed by atoms with van der Waals surface area (Å²) >= 11 is 5.83. The molecule has 0 radical (unpaired) electrons. The molecule has 0 aliphatic heterocycles. The van der Waals surface area contributed by atoms with E-state index in [1.165, 1.54) is 24.3 Å². The van der Waals surface area contributed by atoms with E-state index in [1.54, 1.807) is 30.3 Å². The molecule has 9 heteroatoms. The standard InChI is InChI=1S/C19H13ClF3N3O2/c20-16-15(19(21,22)23)14(10-11-4-2-1-3-5-11)25-18(26-16)24-13-8-6-12(7-9-13)17(27)28/h1-9H,10H2,(H,27,28)(H,24,25,26). The molecular weight excluding hydrogens is 395 g/mol. The van der Waals surface area contributed by atoms with E-state index in [0.29, 0.717) is 11.3 Å². The van der Waals surface area contributed by atoms with Crippen LogP contribution in [0.15, 0.2) is 54.6 Å². The van der Waals surface area contributed by atoms with Crippen molar-refractivity contribution in [3.63, 3.8) is 0 Å². The number of hydrogen-bond acceptors (Lipinski definition) is 4. The average molecular weight is 408 g/mol. The van der Waals surface area contributed by atoms with Crippen LogP contribution in [-0.4, -0.2) is 21.0 Å². The Labute approximate surface area is 162 Å². The molecule has 0 atom stereocenters. The van der Waals surface area contributed by atoms with E-state index < -0.39 is 22.9 Å². The van der Waals surface area contributed by atoms with E-state index in [2.05, 4.69) is 15.3 Å². The molecule has 0 fully saturated rings. The minimum absolute atomic E-state index is 0.0710. The third kappa shape index (κ3) is 4.58. The number of hydrogen-bond donors (Lipinski definition) is 2. The lowest BCUT2D eigenvalue weighted by Crippen LogP contribution is -2.15. The molecule has 28 heavy (non-hydrogen) atoms. The number of halogens is 4. The number of aromatic nitrogens is 2. The highest BCUT2D eigenvalue weighted by Crippen LogP contribution is 2.37. The van der Waals surface area contributed by atoms with Crippen molar-refractivity contribution in [1.29, 1.82) is 0 Å². The quantitative estimate of drug-likeness (QED) is 0.570. The number of aromatic carboxylic acids is 1. The predicted molar refractivity (Wildman–Crippen MR) is 98.0 cm³/mol. The molecule has 144 valence electrons. The van der Waals surface area contributed by atoms with E-state index >= 15 is 0 Å². The molecule has 0 spiro atoms. The van der Waals surface area contributed by atoms with Crippen molar-refractivity contribution in [2.45, 2.75) is 12.6 Å². The Bertz CT molecular complexity index is 994. The van der Waals surface area contributed by atoms with Gasteiger partial charge >= 0.3 is 12.1 Å². The van der Waals surface area contributed by atoms with Crippen molar-refractivity contribution >= 4 is 29.2 Å². The van der Waals surface area contributed by atoms with Crippen LogP contribution in [0.3, 0.4) is 0 Å². The molecule has 0 amide bonds. The zero-order chi connectivity index (χ0) is 20.3. The number of nitrogens with one attached hydrogen (secondary N) is 1. The number of benzene rings is 2. The maximum absolute atomic E-state index is 13.5. The molecule has 0 saturated carbocycles. The second-order valence-electron chi connectivity index (χ2n) is 5.83. The molecule has 0 aliphatic rings. The Balaban J connectivity index is 1.97. The van der Waals surface area contributed by atoms with Crippen LogP contribution in [0.25, 0.3) is 0 Å². The number of carboxylic acids is 1. The lowest BCUT2D eigenvalue weighted by molar-refractivity contribution is -0.138. The molecule has 2 aromatic carbocycles. The maximum Gasteiger partial charge on any atom is 0.421 e. The summed E-state index contributed by atoms with van der Waals surface area (Å²) in [7, 11) is 0. The summed E-state index contributed by atoms with van der Waals surface area (Å²) in [6.45, 7) is 0. The van der Waals surface area contributed by atoms with Crippen LogP contribution < -0.4 is 5.32 Å². The number of alkyl halides is 3. The van der Waals surface area contributed by atoms with Gasteiger partial charge in [-0.05, 0) is 29.8 Å². The molecule has 0 bridgehead atoms. The van der Waals surface area contributed by atoms with Gasteiger partial charge in [0.1, 0.15) is 10.7 Å². The van der Waals surface area contributed by atoms with Gasteiger partial charge in [-0.2, -0.15) is 13.2 Å². The van der Waals surface area contributed by atoms with E-state index in [-0.39, 0.29) is 23.6 Å². The van der Waals surface area contributed by atoms with Gasteiger partial charge in [-0.3, -0.25) is 0 Å². The third-order valence-corrected chi connectivity index (χ3v) is 4.10. The highest BCUT2D eigenvalue weighted by atomic mass is 35.5. The monoisotopic (exact) mass is 407 g/mol. The number of nitrogens with zero attached hydrogens (tertiary/aromatic N) is 2. The summed E-state index contributed by atoms with van der Waals surface area (Å²) in [4.78, 5) is 18.6. The Morgan fingerprint density at radius 3 is 2.25 bits per heavy atom. The Kier molecular flexibility index (Phi) is 5.51. The molecule has 0 aliphatic carbocycles. The SMILES string of the molecule is O=C(O)c1ccc(Nc2nc(Cl)c(C(F)(F)F)c(Cc3ccccc3)n2)cc1. The van der Waals surface area contributed by atoms with E-state index in [0.717, 1.165) is 0 Å². The van der Waals surface area contributed by atoms with Crippen LogP contribution in [-0.2, 0) is 12.6 Å². The van der Waals surface area contributed by atoms with Gasteiger partial charge < -0.3 is 10.4 Å². The molecule has 1 heterocycles. The van der Waals surface area contributed by atoms with Crippen LogP contribution in [0.2, 0.25) is 5.15 Å². The second-order valence-corrected chi connectivity index (χ2v) is 6.19. The number of carbonyl (C=O) groups is 1. The molecular formula is C19H13ClF3N3O2. The fourth-order valence-corrected chi connectivity index (χ4v) is 2.85. The molecule has 3 aromatic rings. The van der Waals surface area contributed by atoms with Gasteiger partial charge in [0.25, 0.3) is 0 Å². The summed E-state index contributed by atoms with van der Waals surface area (Å²) in [5.74, 6) is -1.21. The van der Waals surface area contributed by atoms with Crippen molar-refractivity contribution in [1.82, 2.24) is 9.97 Å². The van der Waals surface area contributed by atoms with Crippen LogP contribution in [0.4, 0.5) is 24.8 Å². The first-order chi connectivity index (χ1) is 13.2. The fourth-order valence-electron chi connectivity index (χ4n) is 2.56. The van der Waals surface area contributed by atoms with Crippen LogP contribution in [0, 0.1) is 0 Å². The molecule has 0 unspecified atom stereocenters. The van der Waals surface area contributed by atoms with Gasteiger partial charge in [-0.25, -0.2) is 14.8 Å². The minimum atomic E-state index is -4.71. The number of rotatable bonds is 5. The zero-order valence-electron chi connectivity index (χ0n) is 14.2. The van der Waals surface area contributed by atoms with Crippen LogP contribution in [0.1, 0.15) is 27.2 Å². The molecule has 0 saturated heterocycles. The predicted octanol–water partition coefficient (Wildman–Crippen LogP) is 5.18. The molecule has 2 N–H and O–H groups in total. The lowest BCUT2D eigenvalue weighted by Gasteiger charge is -2.15. The smallest absolute Gasteiger partial charge is 0.421 e. The lowest BCUT2D eigenvalue weighted by atomic mass is 10.1. The Morgan fingerprint density at radius 2 is 1.68 bits per heavy atom. The summed E-state index contributed by atoms with van der Waals surface area (Å²) in [6.07, 6.45) is -4.78. The highest BCUT2D eigenvalue weighted by molar-refractivity contribution is 6.30. The van der Waals surface area contributed by atoms with Gasteiger partial charge in [0.2, 0.25) is 5.95 Å². The minimum Gasteiger partial charge on any atom is -0.478 e. The van der Waals surface area contributed by atoms with Gasteiger partial charge in [0.05, 0.1) is 11.3 Å². The average Bonchev–Trinajstić information content (AvgIpc) is 2.61. The highest BCUT2D eigenvalue weighted by Gasteiger charge is 2.38. The van der Waals surface area contributed by atoms with E-state index in [1.807, 2.05) is 0 Å². The van der Waals surface area contributed by atoms with Crippen LogP contribution in [0.5, 0.6) is 0 Å². The summed E-state index contributed by atoms with van der Waals surface area (Å²) in [5, 5.41) is 11.0. The van der Waals surface area contributed by atoms with Crippen LogP contribution >= 0.6 is 11.6 Å². The van der Waals surface area contributed by atoms with E-state index in [4.69, 9.17) is 16.7 Å². The Morgan fingerprint density at radius 1 is 1.04 bits per heavy atom.